The van der Waals surface area contributed by atoms with Crippen LogP contribution in [0.1, 0.15) is 5.56 Å². The van der Waals surface area contributed by atoms with Gasteiger partial charge in [0.2, 0.25) is 0 Å². The second-order valence-electron chi connectivity index (χ2n) is 3.11. The molecule has 1 aromatic heterocycles. The zero-order valence-corrected chi connectivity index (χ0v) is 9.01. The second-order valence-corrected chi connectivity index (χ2v) is 3.11. The SMILES string of the molecule is CNCc1cc(F)cnc1NCCOC. The summed E-state index contributed by atoms with van der Waals surface area (Å²) in [5.74, 6) is 0.375. The van der Waals surface area contributed by atoms with E-state index in [0.717, 1.165) is 5.56 Å². The van der Waals surface area contributed by atoms with Gasteiger partial charge in [-0.1, -0.05) is 0 Å². The average Bonchev–Trinajstić information content (AvgIpc) is 2.22. The van der Waals surface area contributed by atoms with Gasteiger partial charge in [0.05, 0.1) is 12.8 Å². The number of rotatable bonds is 6. The summed E-state index contributed by atoms with van der Waals surface area (Å²) in [7, 11) is 3.44. The van der Waals surface area contributed by atoms with Crippen molar-refractivity contribution in [2.75, 3.05) is 32.6 Å². The van der Waals surface area contributed by atoms with Gasteiger partial charge in [-0.2, -0.15) is 0 Å². The van der Waals surface area contributed by atoms with Crippen molar-refractivity contribution in [3.63, 3.8) is 0 Å². The molecular weight excluding hydrogens is 197 g/mol. The van der Waals surface area contributed by atoms with E-state index in [4.69, 9.17) is 4.74 Å². The summed E-state index contributed by atoms with van der Waals surface area (Å²) in [6.45, 7) is 1.84. The summed E-state index contributed by atoms with van der Waals surface area (Å²) >= 11 is 0. The molecule has 0 radical (unpaired) electrons. The quantitative estimate of drug-likeness (QED) is 0.692. The van der Waals surface area contributed by atoms with Crippen LogP contribution in [-0.4, -0.2) is 32.3 Å². The lowest BCUT2D eigenvalue weighted by Crippen LogP contribution is -2.14. The molecule has 1 rings (SSSR count). The lowest BCUT2D eigenvalue weighted by atomic mass is 10.2. The summed E-state index contributed by atoms with van der Waals surface area (Å²) in [6, 6.07) is 1.47. The van der Waals surface area contributed by atoms with Crippen LogP contribution >= 0.6 is 0 Å². The molecule has 2 N–H and O–H groups in total. The van der Waals surface area contributed by atoms with Crippen LogP contribution in [0.3, 0.4) is 0 Å². The molecule has 4 nitrogen and oxygen atoms in total. The van der Waals surface area contributed by atoms with Gasteiger partial charge in [-0.25, -0.2) is 9.37 Å². The van der Waals surface area contributed by atoms with E-state index >= 15 is 0 Å². The molecule has 5 heteroatoms. The molecular formula is C10H16FN3O. The highest BCUT2D eigenvalue weighted by atomic mass is 19.1. The van der Waals surface area contributed by atoms with Crippen molar-refractivity contribution in [1.82, 2.24) is 10.3 Å². The van der Waals surface area contributed by atoms with Gasteiger partial charge in [0.1, 0.15) is 11.6 Å². The van der Waals surface area contributed by atoms with E-state index in [0.29, 0.717) is 25.5 Å². The highest BCUT2D eigenvalue weighted by Gasteiger charge is 2.04. The maximum Gasteiger partial charge on any atom is 0.141 e. The number of pyridine rings is 1. The van der Waals surface area contributed by atoms with E-state index in [1.807, 2.05) is 7.05 Å². The summed E-state index contributed by atoms with van der Waals surface area (Å²) in [5, 5.41) is 6.05. The highest BCUT2D eigenvalue weighted by molar-refractivity contribution is 5.43. The number of nitrogens with zero attached hydrogens (tertiary/aromatic N) is 1. The molecule has 1 heterocycles. The van der Waals surface area contributed by atoms with Crippen LogP contribution in [0, 0.1) is 5.82 Å². The van der Waals surface area contributed by atoms with E-state index in [1.165, 1.54) is 12.3 Å². The van der Waals surface area contributed by atoms with Crippen molar-refractivity contribution in [2.24, 2.45) is 0 Å². The molecule has 0 unspecified atom stereocenters. The van der Waals surface area contributed by atoms with Crippen molar-refractivity contribution in [2.45, 2.75) is 6.54 Å². The Morgan fingerprint density at radius 2 is 2.33 bits per heavy atom. The van der Waals surface area contributed by atoms with Gasteiger partial charge in [-0.3, -0.25) is 0 Å². The predicted octanol–water partition coefficient (Wildman–Crippen LogP) is 0.998. The molecule has 0 fully saturated rings. The summed E-state index contributed by atoms with van der Waals surface area (Å²) in [5.41, 5.74) is 0.814. The predicted molar refractivity (Wildman–Crippen MR) is 57.3 cm³/mol. The minimum atomic E-state index is -0.322. The first-order valence-electron chi connectivity index (χ1n) is 4.79. The zero-order chi connectivity index (χ0) is 11.1. The van der Waals surface area contributed by atoms with Gasteiger partial charge in [0.15, 0.2) is 0 Å². The van der Waals surface area contributed by atoms with Crippen LogP contribution in [0.5, 0.6) is 0 Å². The van der Waals surface area contributed by atoms with E-state index in [-0.39, 0.29) is 5.82 Å². The van der Waals surface area contributed by atoms with Gasteiger partial charge < -0.3 is 15.4 Å². The molecule has 0 saturated carbocycles. The largest absolute Gasteiger partial charge is 0.383 e. The summed E-state index contributed by atoms with van der Waals surface area (Å²) < 4.78 is 17.8. The first-order valence-corrected chi connectivity index (χ1v) is 4.79. The Bertz CT molecular complexity index is 307. The van der Waals surface area contributed by atoms with Gasteiger partial charge in [-0.05, 0) is 13.1 Å². The van der Waals surface area contributed by atoms with E-state index < -0.39 is 0 Å². The third-order valence-corrected chi connectivity index (χ3v) is 1.90. The summed E-state index contributed by atoms with van der Waals surface area (Å²) in [4.78, 5) is 3.99. The van der Waals surface area contributed by atoms with Crippen LogP contribution in [-0.2, 0) is 11.3 Å². The van der Waals surface area contributed by atoms with Gasteiger partial charge >= 0.3 is 0 Å². The third kappa shape index (κ3) is 3.81. The number of hydrogen-bond acceptors (Lipinski definition) is 4. The Labute approximate surface area is 88.9 Å². The highest BCUT2D eigenvalue weighted by Crippen LogP contribution is 2.12. The van der Waals surface area contributed by atoms with Crippen molar-refractivity contribution in [3.8, 4) is 0 Å². The number of aromatic nitrogens is 1. The van der Waals surface area contributed by atoms with Crippen molar-refractivity contribution >= 4 is 5.82 Å². The molecule has 0 saturated heterocycles. The number of nitrogens with one attached hydrogen (secondary N) is 2. The smallest absolute Gasteiger partial charge is 0.141 e. The molecule has 0 spiro atoms. The standard InChI is InChI=1S/C10H16FN3O/c1-12-6-8-5-9(11)7-14-10(8)13-3-4-15-2/h5,7,12H,3-4,6H2,1-2H3,(H,13,14). The maximum atomic E-state index is 12.9. The Morgan fingerprint density at radius 1 is 1.53 bits per heavy atom. The van der Waals surface area contributed by atoms with E-state index in [1.54, 1.807) is 7.11 Å². The minimum Gasteiger partial charge on any atom is -0.383 e. The van der Waals surface area contributed by atoms with Crippen LogP contribution in [0.4, 0.5) is 10.2 Å². The molecule has 84 valence electrons. The van der Waals surface area contributed by atoms with E-state index in [2.05, 4.69) is 15.6 Å². The van der Waals surface area contributed by atoms with Crippen molar-refractivity contribution in [3.05, 3.63) is 23.6 Å². The monoisotopic (exact) mass is 213 g/mol. The number of ether oxygens (including phenoxy) is 1. The van der Waals surface area contributed by atoms with E-state index in [9.17, 15) is 4.39 Å². The Balaban J connectivity index is 2.67. The molecule has 0 bridgehead atoms. The molecule has 0 aromatic carbocycles. The average molecular weight is 213 g/mol. The zero-order valence-electron chi connectivity index (χ0n) is 9.01. The number of halogens is 1. The Hall–Kier alpha value is -1.20. The first kappa shape index (κ1) is 11.9. The summed E-state index contributed by atoms with van der Waals surface area (Å²) in [6.07, 6.45) is 1.20. The topological polar surface area (TPSA) is 46.2 Å². The van der Waals surface area contributed by atoms with Crippen molar-refractivity contribution < 1.29 is 9.13 Å². The fourth-order valence-electron chi connectivity index (χ4n) is 1.24. The fourth-order valence-corrected chi connectivity index (χ4v) is 1.24. The third-order valence-electron chi connectivity index (χ3n) is 1.90. The molecule has 15 heavy (non-hydrogen) atoms. The molecule has 0 atom stereocenters. The van der Waals surface area contributed by atoms with Crippen LogP contribution < -0.4 is 10.6 Å². The number of anilines is 1. The Kier molecular flexibility index (Phi) is 5.00. The first-order chi connectivity index (χ1) is 7.27. The van der Waals surface area contributed by atoms with Crippen LogP contribution in [0.25, 0.3) is 0 Å². The van der Waals surface area contributed by atoms with Gasteiger partial charge in [0, 0.05) is 25.8 Å². The lowest BCUT2D eigenvalue weighted by molar-refractivity contribution is 0.210. The maximum absolute atomic E-state index is 12.9. The van der Waals surface area contributed by atoms with Crippen LogP contribution in [0.2, 0.25) is 0 Å². The minimum absolute atomic E-state index is 0.322. The molecule has 1 aromatic rings. The molecule has 0 aliphatic heterocycles. The van der Waals surface area contributed by atoms with Gasteiger partial charge in [-0.15, -0.1) is 0 Å². The number of methoxy groups -OCH3 is 1. The molecule has 0 aliphatic rings. The molecule has 0 aliphatic carbocycles. The van der Waals surface area contributed by atoms with Gasteiger partial charge in [0.25, 0.3) is 0 Å². The molecule has 0 amide bonds. The fraction of sp³-hybridized carbons (Fsp3) is 0.500. The Morgan fingerprint density at radius 3 is 3.00 bits per heavy atom. The van der Waals surface area contributed by atoms with Crippen molar-refractivity contribution in [1.29, 1.82) is 0 Å². The normalized spacial score (nSPS) is 10.3. The second kappa shape index (κ2) is 6.31. The lowest BCUT2D eigenvalue weighted by Gasteiger charge is -2.10. The number of hydrogen-bond donors (Lipinski definition) is 2. The van der Waals surface area contributed by atoms with Crippen LogP contribution in [0.15, 0.2) is 12.3 Å².